The summed E-state index contributed by atoms with van der Waals surface area (Å²) >= 11 is 3.17. The highest BCUT2D eigenvalue weighted by atomic mass is 79.9. The monoisotopic (exact) mass is 360 g/mol. The van der Waals surface area contributed by atoms with Crippen LogP contribution in [0, 0.1) is 10.1 Å². The fourth-order valence-electron chi connectivity index (χ4n) is 1.71. The van der Waals surface area contributed by atoms with Crippen molar-refractivity contribution in [2.24, 2.45) is 5.73 Å². The predicted molar refractivity (Wildman–Crippen MR) is 80.1 cm³/mol. The number of hydrogen-bond acceptors (Lipinski definition) is 6. The Bertz CT molecular complexity index is 533. The molecule has 0 aromatic heterocycles. The normalized spacial score (nSPS) is 13.3. The Hall–Kier alpha value is -1.67. The number of nitrogens with zero attached hydrogens (tertiary/aromatic N) is 1. The minimum Gasteiger partial charge on any atom is -0.487 e. The number of benzene rings is 1. The van der Waals surface area contributed by atoms with Crippen molar-refractivity contribution in [1.29, 1.82) is 0 Å². The Morgan fingerprint density at radius 1 is 1.52 bits per heavy atom. The topological polar surface area (TPSA) is 105 Å². The first-order valence-electron chi connectivity index (χ1n) is 6.22. The largest absolute Gasteiger partial charge is 0.487 e. The van der Waals surface area contributed by atoms with Crippen molar-refractivity contribution in [2.45, 2.75) is 25.3 Å². The van der Waals surface area contributed by atoms with E-state index in [9.17, 15) is 14.9 Å². The zero-order valence-electron chi connectivity index (χ0n) is 11.8. The van der Waals surface area contributed by atoms with Gasteiger partial charge in [0, 0.05) is 10.5 Å². The number of carbonyl (C=O) groups excluding carboxylic acids is 1. The maximum Gasteiger partial charge on any atom is 0.325 e. The average Bonchev–Trinajstić information content (AvgIpc) is 2.43. The molecule has 0 radical (unpaired) electrons. The minimum atomic E-state index is -1.09. The molecule has 21 heavy (non-hydrogen) atoms. The number of rotatable bonds is 7. The number of ether oxygens (including phenoxy) is 2. The van der Waals surface area contributed by atoms with Crippen LogP contribution in [-0.4, -0.2) is 30.1 Å². The van der Waals surface area contributed by atoms with Crippen molar-refractivity contribution in [3.63, 3.8) is 0 Å². The van der Waals surface area contributed by atoms with Gasteiger partial charge in [0.25, 0.3) is 0 Å². The zero-order valence-corrected chi connectivity index (χ0v) is 13.4. The van der Waals surface area contributed by atoms with Gasteiger partial charge in [-0.3, -0.25) is 14.9 Å². The first-order chi connectivity index (χ1) is 9.77. The maximum absolute atomic E-state index is 11.4. The standard InChI is InChI=1S/C13H17BrN2O5/c1-13(15,12(17)20-2)6-3-7-21-11-5-4-9(14)8-10(11)16(18)19/h4-5,8H,3,6-7,15H2,1-2H3. The molecule has 0 spiro atoms. The third-order valence-electron chi connectivity index (χ3n) is 2.87. The van der Waals surface area contributed by atoms with Gasteiger partial charge in [-0.1, -0.05) is 15.9 Å². The quantitative estimate of drug-likeness (QED) is 0.346. The molecule has 0 saturated heterocycles. The van der Waals surface area contributed by atoms with Gasteiger partial charge in [0.05, 0.1) is 18.6 Å². The second-order valence-corrected chi connectivity index (χ2v) is 5.65. The number of nitrogens with two attached hydrogens (primary N) is 1. The molecule has 0 saturated carbocycles. The molecule has 0 fully saturated rings. The van der Waals surface area contributed by atoms with E-state index in [4.69, 9.17) is 10.5 Å². The van der Waals surface area contributed by atoms with Gasteiger partial charge in [-0.15, -0.1) is 0 Å². The van der Waals surface area contributed by atoms with Gasteiger partial charge in [-0.05, 0) is 31.9 Å². The number of halogens is 1. The highest BCUT2D eigenvalue weighted by Crippen LogP contribution is 2.30. The van der Waals surface area contributed by atoms with Crippen LogP contribution in [-0.2, 0) is 9.53 Å². The predicted octanol–water partition coefficient (Wildman–Crippen LogP) is 2.41. The first-order valence-corrected chi connectivity index (χ1v) is 7.01. The van der Waals surface area contributed by atoms with E-state index >= 15 is 0 Å². The van der Waals surface area contributed by atoms with Crippen LogP contribution in [0.25, 0.3) is 0 Å². The summed E-state index contributed by atoms with van der Waals surface area (Å²) in [6, 6.07) is 4.55. The molecule has 1 aromatic carbocycles. The highest BCUT2D eigenvalue weighted by Gasteiger charge is 2.28. The van der Waals surface area contributed by atoms with Gasteiger partial charge in [0.1, 0.15) is 5.54 Å². The number of nitro benzene ring substituents is 1. The van der Waals surface area contributed by atoms with Crippen LogP contribution in [0.3, 0.4) is 0 Å². The van der Waals surface area contributed by atoms with E-state index in [2.05, 4.69) is 20.7 Å². The van der Waals surface area contributed by atoms with Crippen molar-refractivity contribution < 1.29 is 19.2 Å². The molecule has 7 nitrogen and oxygen atoms in total. The number of esters is 1. The number of hydrogen-bond donors (Lipinski definition) is 1. The lowest BCUT2D eigenvalue weighted by Crippen LogP contribution is -2.45. The summed E-state index contributed by atoms with van der Waals surface area (Å²) in [5.41, 5.74) is 4.59. The van der Waals surface area contributed by atoms with E-state index in [1.807, 2.05) is 0 Å². The third kappa shape index (κ3) is 4.98. The van der Waals surface area contributed by atoms with Gasteiger partial charge >= 0.3 is 11.7 Å². The van der Waals surface area contributed by atoms with Crippen LogP contribution in [0.15, 0.2) is 22.7 Å². The van der Waals surface area contributed by atoms with Gasteiger partial charge in [-0.25, -0.2) is 0 Å². The van der Waals surface area contributed by atoms with Crippen LogP contribution < -0.4 is 10.5 Å². The van der Waals surface area contributed by atoms with Gasteiger partial charge in [0.15, 0.2) is 5.75 Å². The number of carbonyl (C=O) groups is 1. The molecule has 1 unspecified atom stereocenters. The van der Waals surface area contributed by atoms with Crippen LogP contribution in [0.4, 0.5) is 5.69 Å². The lowest BCUT2D eigenvalue weighted by atomic mass is 9.98. The molecule has 8 heteroatoms. The van der Waals surface area contributed by atoms with E-state index in [1.54, 1.807) is 13.0 Å². The van der Waals surface area contributed by atoms with Crippen molar-refractivity contribution in [3.8, 4) is 5.75 Å². The van der Waals surface area contributed by atoms with Gasteiger partial charge in [-0.2, -0.15) is 0 Å². The molecule has 0 aliphatic carbocycles. The lowest BCUT2D eigenvalue weighted by Gasteiger charge is -2.21. The fourth-order valence-corrected chi connectivity index (χ4v) is 2.06. The van der Waals surface area contributed by atoms with Crippen LogP contribution >= 0.6 is 15.9 Å². The first kappa shape index (κ1) is 17.4. The van der Waals surface area contributed by atoms with Crippen molar-refractivity contribution in [2.75, 3.05) is 13.7 Å². The molecule has 0 amide bonds. The average molecular weight is 361 g/mol. The number of methoxy groups -OCH3 is 1. The van der Waals surface area contributed by atoms with E-state index < -0.39 is 16.4 Å². The van der Waals surface area contributed by atoms with E-state index in [1.165, 1.54) is 19.2 Å². The fraction of sp³-hybridized carbons (Fsp3) is 0.462. The van der Waals surface area contributed by atoms with E-state index in [0.29, 0.717) is 17.3 Å². The summed E-state index contributed by atoms with van der Waals surface area (Å²) < 4.78 is 10.6. The Balaban J connectivity index is 2.57. The Labute approximate surface area is 130 Å². The molecule has 2 N–H and O–H groups in total. The van der Waals surface area contributed by atoms with E-state index in [-0.39, 0.29) is 18.0 Å². The maximum atomic E-state index is 11.4. The molecular formula is C13H17BrN2O5. The molecule has 0 heterocycles. The molecule has 1 rings (SSSR count). The smallest absolute Gasteiger partial charge is 0.325 e. The Morgan fingerprint density at radius 2 is 2.19 bits per heavy atom. The zero-order chi connectivity index (χ0) is 16.0. The molecule has 0 bridgehead atoms. The Kier molecular flexibility index (Phi) is 6.10. The lowest BCUT2D eigenvalue weighted by molar-refractivity contribution is -0.385. The van der Waals surface area contributed by atoms with Crippen LogP contribution in [0.2, 0.25) is 0 Å². The molecule has 116 valence electrons. The van der Waals surface area contributed by atoms with Gasteiger partial charge in [0.2, 0.25) is 0 Å². The summed E-state index contributed by atoms with van der Waals surface area (Å²) in [6.07, 6.45) is 0.819. The van der Waals surface area contributed by atoms with Gasteiger partial charge < -0.3 is 15.2 Å². The summed E-state index contributed by atoms with van der Waals surface area (Å²) in [7, 11) is 1.27. The SMILES string of the molecule is COC(=O)C(C)(N)CCCOc1ccc(Br)cc1[N+](=O)[O-]. The molecule has 1 aromatic rings. The molecular weight excluding hydrogens is 344 g/mol. The van der Waals surface area contributed by atoms with Crippen molar-refractivity contribution >= 4 is 27.6 Å². The third-order valence-corrected chi connectivity index (χ3v) is 3.36. The summed E-state index contributed by atoms with van der Waals surface area (Å²) in [5, 5.41) is 10.9. The second-order valence-electron chi connectivity index (χ2n) is 4.73. The summed E-state index contributed by atoms with van der Waals surface area (Å²) in [6.45, 7) is 1.78. The Morgan fingerprint density at radius 3 is 2.76 bits per heavy atom. The minimum absolute atomic E-state index is 0.118. The molecule has 0 aliphatic rings. The number of nitro groups is 1. The van der Waals surface area contributed by atoms with Crippen LogP contribution in [0.5, 0.6) is 5.75 Å². The summed E-state index contributed by atoms with van der Waals surface area (Å²) in [4.78, 5) is 21.8. The summed E-state index contributed by atoms with van der Waals surface area (Å²) in [5.74, 6) is -0.322. The van der Waals surface area contributed by atoms with Crippen molar-refractivity contribution in [1.82, 2.24) is 0 Å². The van der Waals surface area contributed by atoms with Crippen LogP contribution in [0.1, 0.15) is 19.8 Å². The highest BCUT2D eigenvalue weighted by molar-refractivity contribution is 9.10. The molecule has 0 aliphatic heterocycles. The second kappa shape index (κ2) is 7.37. The van der Waals surface area contributed by atoms with Crippen molar-refractivity contribution in [3.05, 3.63) is 32.8 Å². The molecule has 1 atom stereocenters. The van der Waals surface area contributed by atoms with E-state index in [0.717, 1.165) is 0 Å².